The maximum Gasteiger partial charge on any atom is 0.330 e. The molecule has 6 heteroatoms. The average Bonchev–Trinajstić information content (AvgIpc) is 2.96. The number of aromatic nitrogens is 4. The van der Waals surface area contributed by atoms with Gasteiger partial charge in [-0.25, -0.2) is 9.78 Å². The molecule has 1 aliphatic rings. The molecular weight excluding hydrogens is 292 g/mol. The van der Waals surface area contributed by atoms with Crippen molar-refractivity contribution in [2.24, 2.45) is 5.92 Å². The second-order valence-corrected chi connectivity index (χ2v) is 6.40. The zero-order valence-electron chi connectivity index (χ0n) is 13.2. The molecule has 1 saturated carbocycles. The highest BCUT2D eigenvalue weighted by Gasteiger charge is 2.39. The van der Waals surface area contributed by atoms with Gasteiger partial charge in [0.2, 0.25) is 0 Å². The molecule has 0 aromatic carbocycles. The van der Waals surface area contributed by atoms with Crippen molar-refractivity contribution in [2.45, 2.75) is 44.1 Å². The Labute approximate surface area is 134 Å². The first-order valence-corrected chi connectivity index (χ1v) is 8.02. The third-order valence-corrected chi connectivity index (χ3v) is 4.91. The molecule has 122 valence electrons. The maximum absolute atomic E-state index is 12.9. The molecule has 2 heterocycles. The van der Waals surface area contributed by atoms with E-state index in [1.165, 1.54) is 10.9 Å². The molecule has 3 rings (SSSR count). The van der Waals surface area contributed by atoms with Crippen LogP contribution < -0.4 is 11.2 Å². The van der Waals surface area contributed by atoms with Crippen LogP contribution in [-0.4, -0.2) is 19.5 Å². The molecule has 1 aliphatic carbocycles. The van der Waals surface area contributed by atoms with Gasteiger partial charge in [0.25, 0.3) is 5.56 Å². The van der Waals surface area contributed by atoms with Crippen molar-refractivity contribution >= 4 is 11.2 Å². The van der Waals surface area contributed by atoms with E-state index in [0.29, 0.717) is 23.5 Å². The Kier molecular flexibility index (Phi) is 4.07. The van der Waals surface area contributed by atoms with Gasteiger partial charge in [-0.05, 0) is 38.0 Å². The van der Waals surface area contributed by atoms with E-state index in [0.717, 1.165) is 32.1 Å². The monoisotopic (exact) mass is 314 g/mol. The first-order chi connectivity index (χ1) is 11.1. The molecule has 2 aromatic heterocycles. The van der Waals surface area contributed by atoms with E-state index in [-0.39, 0.29) is 5.56 Å². The summed E-state index contributed by atoms with van der Waals surface area (Å²) in [6.45, 7) is 7.66. The SMILES string of the molecule is C=CCC1CCCC(CC=C)(n2c(=O)[nH]c3nc[nH]c3c2=O)C1. The standard InChI is InChI=1S/C17H22N4O2/c1-3-6-12-7-5-9-17(10-12,8-4-2)21-15(22)13-14(19-11-18-13)20-16(21)23/h3-4,11-12H,1-2,5-10H2,(H,18,19)(H,20,23). The van der Waals surface area contributed by atoms with E-state index in [4.69, 9.17) is 0 Å². The van der Waals surface area contributed by atoms with E-state index in [2.05, 4.69) is 28.1 Å². The lowest BCUT2D eigenvalue weighted by molar-refractivity contribution is 0.138. The summed E-state index contributed by atoms with van der Waals surface area (Å²) >= 11 is 0. The second kappa shape index (κ2) is 6.02. The minimum absolute atomic E-state index is 0.303. The molecule has 2 atom stereocenters. The first kappa shape index (κ1) is 15.5. The van der Waals surface area contributed by atoms with Crippen molar-refractivity contribution in [2.75, 3.05) is 0 Å². The highest BCUT2D eigenvalue weighted by atomic mass is 16.2. The summed E-state index contributed by atoms with van der Waals surface area (Å²) in [6, 6.07) is 0. The van der Waals surface area contributed by atoms with Gasteiger partial charge in [-0.15, -0.1) is 13.2 Å². The van der Waals surface area contributed by atoms with Gasteiger partial charge >= 0.3 is 5.69 Å². The number of H-pyrrole nitrogens is 2. The highest BCUT2D eigenvalue weighted by Crippen LogP contribution is 2.41. The molecule has 1 fully saturated rings. The summed E-state index contributed by atoms with van der Waals surface area (Å²) in [5, 5.41) is 0. The summed E-state index contributed by atoms with van der Waals surface area (Å²) in [6.07, 6.45) is 10.3. The van der Waals surface area contributed by atoms with Gasteiger partial charge in [-0.1, -0.05) is 18.6 Å². The fourth-order valence-electron chi connectivity index (χ4n) is 3.99. The van der Waals surface area contributed by atoms with Crippen LogP contribution in [0.15, 0.2) is 41.2 Å². The predicted octanol–water partition coefficient (Wildman–Crippen LogP) is 2.45. The number of rotatable bonds is 5. The number of nitrogens with one attached hydrogen (secondary N) is 2. The largest absolute Gasteiger partial charge is 0.339 e. The van der Waals surface area contributed by atoms with E-state index in [1.807, 2.05) is 6.08 Å². The quantitative estimate of drug-likeness (QED) is 0.831. The van der Waals surface area contributed by atoms with Crippen LogP contribution in [-0.2, 0) is 5.54 Å². The van der Waals surface area contributed by atoms with Gasteiger partial charge < -0.3 is 4.98 Å². The number of hydrogen-bond acceptors (Lipinski definition) is 3. The third kappa shape index (κ3) is 2.58. The van der Waals surface area contributed by atoms with Crippen molar-refractivity contribution < 1.29 is 0 Å². The summed E-state index contributed by atoms with van der Waals surface area (Å²) in [5.41, 5.74) is -0.558. The lowest BCUT2D eigenvalue weighted by Crippen LogP contribution is -2.51. The molecule has 23 heavy (non-hydrogen) atoms. The van der Waals surface area contributed by atoms with Crippen molar-refractivity contribution in [3.8, 4) is 0 Å². The zero-order valence-corrected chi connectivity index (χ0v) is 13.2. The Morgan fingerprint density at radius 1 is 1.39 bits per heavy atom. The molecule has 0 saturated heterocycles. The molecule has 2 unspecified atom stereocenters. The lowest BCUT2D eigenvalue weighted by atomic mass is 9.72. The van der Waals surface area contributed by atoms with E-state index < -0.39 is 11.2 Å². The fraction of sp³-hybridized carbons (Fsp3) is 0.471. The zero-order chi connectivity index (χ0) is 16.4. The van der Waals surface area contributed by atoms with Gasteiger partial charge in [0.15, 0.2) is 5.65 Å². The van der Waals surface area contributed by atoms with Crippen LogP contribution in [0.2, 0.25) is 0 Å². The minimum atomic E-state index is -0.516. The minimum Gasteiger partial charge on any atom is -0.339 e. The summed E-state index contributed by atoms with van der Waals surface area (Å²) in [7, 11) is 0. The van der Waals surface area contributed by atoms with Crippen LogP contribution in [0.5, 0.6) is 0 Å². The molecule has 0 amide bonds. The second-order valence-electron chi connectivity index (χ2n) is 6.40. The normalized spacial score (nSPS) is 24.6. The molecule has 6 nitrogen and oxygen atoms in total. The van der Waals surface area contributed by atoms with Gasteiger partial charge in [0.1, 0.15) is 5.52 Å². The number of aromatic amines is 2. The van der Waals surface area contributed by atoms with Gasteiger partial charge in [-0.3, -0.25) is 14.3 Å². The molecule has 2 aromatic rings. The van der Waals surface area contributed by atoms with Crippen molar-refractivity contribution in [3.05, 3.63) is 52.5 Å². The van der Waals surface area contributed by atoms with Crippen LogP contribution in [0.25, 0.3) is 11.2 Å². The average molecular weight is 314 g/mol. The maximum atomic E-state index is 12.9. The van der Waals surface area contributed by atoms with Crippen LogP contribution in [0.3, 0.4) is 0 Å². The van der Waals surface area contributed by atoms with Crippen molar-refractivity contribution in [1.82, 2.24) is 19.5 Å². The van der Waals surface area contributed by atoms with Crippen LogP contribution in [0, 0.1) is 5.92 Å². The van der Waals surface area contributed by atoms with Crippen molar-refractivity contribution in [3.63, 3.8) is 0 Å². The Bertz CT molecular complexity index is 844. The summed E-state index contributed by atoms with van der Waals surface area (Å²) in [5.74, 6) is 0.435. The predicted molar refractivity (Wildman–Crippen MR) is 90.5 cm³/mol. The lowest BCUT2D eigenvalue weighted by Gasteiger charge is -2.41. The summed E-state index contributed by atoms with van der Waals surface area (Å²) in [4.78, 5) is 35.0. The topological polar surface area (TPSA) is 83.5 Å². The van der Waals surface area contributed by atoms with Crippen LogP contribution >= 0.6 is 0 Å². The fourth-order valence-corrected chi connectivity index (χ4v) is 3.99. The van der Waals surface area contributed by atoms with Gasteiger partial charge in [0.05, 0.1) is 11.9 Å². The molecule has 0 radical (unpaired) electrons. The van der Waals surface area contributed by atoms with E-state index in [1.54, 1.807) is 6.08 Å². The summed E-state index contributed by atoms with van der Waals surface area (Å²) < 4.78 is 1.39. The van der Waals surface area contributed by atoms with Crippen LogP contribution in [0.4, 0.5) is 0 Å². The number of hydrogen-bond donors (Lipinski definition) is 2. The Morgan fingerprint density at radius 2 is 2.22 bits per heavy atom. The highest BCUT2D eigenvalue weighted by molar-refractivity contribution is 5.67. The molecule has 0 spiro atoms. The molecule has 2 N–H and O–H groups in total. The number of fused-ring (bicyclic) bond motifs is 1. The van der Waals surface area contributed by atoms with E-state index in [9.17, 15) is 9.59 Å². The number of imidazole rings is 1. The molecule has 0 aliphatic heterocycles. The van der Waals surface area contributed by atoms with Crippen LogP contribution in [0.1, 0.15) is 38.5 Å². The smallest absolute Gasteiger partial charge is 0.330 e. The molecular formula is C17H22N4O2. The van der Waals surface area contributed by atoms with Gasteiger partial charge in [-0.2, -0.15) is 0 Å². The van der Waals surface area contributed by atoms with Gasteiger partial charge in [0, 0.05) is 0 Å². The third-order valence-electron chi connectivity index (χ3n) is 4.91. The van der Waals surface area contributed by atoms with Crippen molar-refractivity contribution in [1.29, 1.82) is 0 Å². The Morgan fingerprint density at radius 3 is 2.96 bits per heavy atom. The Hall–Kier alpha value is -2.37. The number of allylic oxidation sites excluding steroid dienone is 2. The number of nitrogens with zero attached hydrogens (tertiary/aromatic N) is 2. The first-order valence-electron chi connectivity index (χ1n) is 8.02. The van der Waals surface area contributed by atoms with E-state index >= 15 is 0 Å². The Balaban J connectivity index is 2.18. The molecule has 0 bridgehead atoms.